The Kier molecular flexibility index (Phi) is 4.75. The lowest BCUT2D eigenvalue weighted by Crippen LogP contribution is -2.18. The van der Waals surface area contributed by atoms with Crippen LogP contribution in [0.1, 0.15) is 16.7 Å². The standard InChI is InChI=1S/C15H15N3O4S/c1-11-4-3-5-13(8-11)10-16-17-23(21,22)14-7-6-12(2)15(9-14)18(19)20/h3-10,17H,1-2H3/b16-10+. The number of nitro benzene ring substituents is 1. The highest BCUT2D eigenvalue weighted by atomic mass is 32.2. The third-order valence-corrected chi connectivity index (χ3v) is 4.34. The van der Waals surface area contributed by atoms with Gasteiger partial charge in [0, 0.05) is 11.6 Å². The first-order valence-corrected chi connectivity index (χ1v) is 8.14. The molecule has 0 heterocycles. The molecule has 0 saturated heterocycles. The lowest BCUT2D eigenvalue weighted by molar-refractivity contribution is -0.385. The molecule has 0 aromatic heterocycles. The Balaban J connectivity index is 2.22. The number of hydrogen-bond acceptors (Lipinski definition) is 5. The predicted octanol–water partition coefficient (Wildman–Crippen LogP) is 2.52. The van der Waals surface area contributed by atoms with Crippen molar-refractivity contribution >= 4 is 21.9 Å². The topological polar surface area (TPSA) is 102 Å². The molecule has 2 aromatic carbocycles. The van der Waals surface area contributed by atoms with Crippen molar-refractivity contribution in [3.8, 4) is 0 Å². The van der Waals surface area contributed by atoms with Crippen molar-refractivity contribution < 1.29 is 13.3 Å². The minimum Gasteiger partial charge on any atom is -0.258 e. The van der Waals surface area contributed by atoms with E-state index >= 15 is 0 Å². The molecule has 8 heteroatoms. The molecule has 0 radical (unpaired) electrons. The second kappa shape index (κ2) is 6.57. The van der Waals surface area contributed by atoms with Crippen molar-refractivity contribution in [3.63, 3.8) is 0 Å². The summed E-state index contributed by atoms with van der Waals surface area (Å²) in [4.78, 5) is 12.1. The molecule has 0 spiro atoms. The highest BCUT2D eigenvalue weighted by Gasteiger charge is 2.19. The monoisotopic (exact) mass is 333 g/mol. The quantitative estimate of drug-likeness (QED) is 0.516. The van der Waals surface area contributed by atoms with Crippen LogP contribution in [-0.4, -0.2) is 19.6 Å². The van der Waals surface area contributed by atoms with Crippen LogP contribution in [0.15, 0.2) is 52.5 Å². The highest BCUT2D eigenvalue weighted by Crippen LogP contribution is 2.21. The number of nitro groups is 1. The third-order valence-electron chi connectivity index (χ3n) is 3.12. The van der Waals surface area contributed by atoms with Gasteiger partial charge in [-0.2, -0.15) is 13.5 Å². The van der Waals surface area contributed by atoms with Crippen molar-refractivity contribution in [3.05, 3.63) is 69.3 Å². The molecule has 0 unspecified atom stereocenters. The molecule has 0 aliphatic carbocycles. The normalized spacial score (nSPS) is 11.6. The van der Waals surface area contributed by atoms with Crippen LogP contribution < -0.4 is 4.83 Å². The lowest BCUT2D eigenvalue weighted by atomic mass is 10.2. The SMILES string of the molecule is Cc1cccc(/C=N/NS(=O)(=O)c2ccc(C)c([N+](=O)[O-])c2)c1. The molecular weight excluding hydrogens is 318 g/mol. The van der Waals surface area contributed by atoms with Gasteiger partial charge in [-0.1, -0.05) is 35.9 Å². The minimum absolute atomic E-state index is 0.212. The second-order valence-electron chi connectivity index (χ2n) is 4.97. The molecule has 23 heavy (non-hydrogen) atoms. The maximum Gasteiger partial charge on any atom is 0.276 e. The summed E-state index contributed by atoms with van der Waals surface area (Å²) >= 11 is 0. The summed E-state index contributed by atoms with van der Waals surface area (Å²) in [6.07, 6.45) is 1.37. The number of rotatable bonds is 5. The van der Waals surface area contributed by atoms with Gasteiger partial charge in [0.05, 0.1) is 16.0 Å². The van der Waals surface area contributed by atoms with E-state index in [2.05, 4.69) is 5.10 Å². The Morgan fingerprint density at radius 2 is 1.91 bits per heavy atom. The molecule has 2 aromatic rings. The van der Waals surface area contributed by atoms with Gasteiger partial charge in [-0.25, -0.2) is 4.83 Å². The molecule has 0 amide bonds. The molecule has 0 atom stereocenters. The summed E-state index contributed by atoms with van der Waals surface area (Å²) in [5, 5.41) is 14.6. The van der Waals surface area contributed by atoms with E-state index in [1.807, 2.05) is 30.0 Å². The summed E-state index contributed by atoms with van der Waals surface area (Å²) in [5.74, 6) is 0. The predicted molar refractivity (Wildman–Crippen MR) is 86.9 cm³/mol. The van der Waals surface area contributed by atoms with Gasteiger partial charge in [0.2, 0.25) is 0 Å². The largest absolute Gasteiger partial charge is 0.276 e. The molecule has 0 fully saturated rings. The summed E-state index contributed by atoms with van der Waals surface area (Å²) in [6, 6.07) is 11.1. The number of nitrogens with zero attached hydrogens (tertiary/aromatic N) is 2. The van der Waals surface area contributed by atoms with E-state index in [1.54, 1.807) is 6.07 Å². The van der Waals surface area contributed by atoms with Crippen LogP contribution in [0.4, 0.5) is 5.69 Å². The van der Waals surface area contributed by atoms with Crippen LogP contribution in [0.2, 0.25) is 0 Å². The van der Waals surface area contributed by atoms with E-state index in [0.29, 0.717) is 5.56 Å². The molecule has 0 saturated carbocycles. The first-order valence-electron chi connectivity index (χ1n) is 6.66. The fourth-order valence-corrected chi connectivity index (χ4v) is 2.74. The average Bonchev–Trinajstić information content (AvgIpc) is 2.47. The first kappa shape index (κ1) is 16.6. The fraction of sp³-hybridized carbons (Fsp3) is 0.133. The number of benzene rings is 2. The Morgan fingerprint density at radius 3 is 2.57 bits per heavy atom. The maximum absolute atomic E-state index is 12.1. The molecule has 0 aliphatic heterocycles. The third kappa shape index (κ3) is 4.13. The molecule has 0 bridgehead atoms. The van der Waals surface area contributed by atoms with Gasteiger partial charge in [0.1, 0.15) is 0 Å². The van der Waals surface area contributed by atoms with Gasteiger partial charge in [-0.3, -0.25) is 10.1 Å². The molecule has 2 rings (SSSR count). The molecule has 0 aliphatic rings. The molecule has 1 N–H and O–H groups in total. The van der Waals surface area contributed by atoms with E-state index < -0.39 is 14.9 Å². The van der Waals surface area contributed by atoms with E-state index in [9.17, 15) is 18.5 Å². The average molecular weight is 333 g/mol. The van der Waals surface area contributed by atoms with Gasteiger partial charge < -0.3 is 0 Å². The number of aryl methyl sites for hydroxylation is 2. The maximum atomic E-state index is 12.1. The van der Waals surface area contributed by atoms with Gasteiger partial charge in [0.15, 0.2) is 0 Å². The zero-order valence-corrected chi connectivity index (χ0v) is 13.4. The fourth-order valence-electron chi connectivity index (χ4n) is 1.93. The van der Waals surface area contributed by atoms with Crippen LogP contribution in [0.3, 0.4) is 0 Å². The van der Waals surface area contributed by atoms with Crippen LogP contribution in [0.25, 0.3) is 0 Å². The van der Waals surface area contributed by atoms with Crippen molar-refractivity contribution in [1.82, 2.24) is 4.83 Å². The Morgan fingerprint density at radius 1 is 1.17 bits per heavy atom. The Hall–Kier alpha value is -2.74. The lowest BCUT2D eigenvalue weighted by Gasteiger charge is -2.04. The van der Waals surface area contributed by atoms with E-state index in [1.165, 1.54) is 25.3 Å². The van der Waals surface area contributed by atoms with E-state index in [-0.39, 0.29) is 10.6 Å². The van der Waals surface area contributed by atoms with Crippen molar-refractivity contribution in [1.29, 1.82) is 0 Å². The van der Waals surface area contributed by atoms with Crippen molar-refractivity contribution in [2.75, 3.05) is 0 Å². The summed E-state index contributed by atoms with van der Waals surface area (Å²) < 4.78 is 24.3. The number of nitrogens with one attached hydrogen (secondary N) is 1. The first-order chi connectivity index (χ1) is 10.8. The Bertz CT molecular complexity index is 876. The van der Waals surface area contributed by atoms with E-state index in [0.717, 1.165) is 17.2 Å². The number of hydrogen-bond donors (Lipinski definition) is 1. The van der Waals surface area contributed by atoms with Crippen molar-refractivity contribution in [2.45, 2.75) is 18.7 Å². The zero-order valence-electron chi connectivity index (χ0n) is 12.6. The van der Waals surface area contributed by atoms with Crippen LogP contribution in [0.5, 0.6) is 0 Å². The van der Waals surface area contributed by atoms with Gasteiger partial charge in [0.25, 0.3) is 15.7 Å². The van der Waals surface area contributed by atoms with Gasteiger partial charge >= 0.3 is 0 Å². The smallest absolute Gasteiger partial charge is 0.258 e. The number of hydrazone groups is 1. The summed E-state index contributed by atoms with van der Waals surface area (Å²) in [7, 11) is -3.97. The Labute approximate surface area is 133 Å². The summed E-state index contributed by atoms with van der Waals surface area (Å²) in [5.41, 5.74) is 1.89. The van der Waals surface area contributed by atoms with Gasteiger partial charge in [-0.15, -0.1) is 0 Å². The number of sulfonamides is 1. The van der Waals surface area contributed by atoms with E-state index in [4.69, 9.17) is 0 Å². The molecule has 120 valence electrons. The van der Waals surface area contributed by atoms with Crippen molar-refractivity contribution in [2.24, 2.45) is 5.10 Å². The van der Waals surface area contributed by atoms with Crippen LogP contribution in [-0.2, 0) is 10.0 Å². The summed E-state index contributed by atoms with van der Waals surface area (Å²) in [6.45, 7) is 3.45. The van der Waals surface area contributed by atoms with Gasteiger partial charge in [-0.05, 0) is 25.5 Å². The minimum atomic E-state index is -3.97. The van der Waals surface area contributed by atoms with Crippen LogP contribution in [0, 0.1) is 24.0 Å². The van der Waals surface area contributed by atoms with Crippen LogP contribution >= 0.6 is 0 Å². The molecule has 7 nitrogen and oxygen atoms in total. The highest BCUT2D eigenvalue weighted by molar-refractivity contribution is 7.89. The zero-order chi connectivity index (χ0) is 17.0. The second-order valence-corrected chi connectivity index (χ2v) is 6.63. The molecular formula is C15H15N3O4S.